The molecule has 4 aliphatic carbocycles. The first kappa shape index (κ1) is 19.6. The molecule has 4 fully saturated rings. The zero-order chi connectivity index (χ0) is 20.6. The first-order chi connectivity index (χ1) is 13.7. The molecule has 0 aromatic carbocycles. The van der Waals surface area contributed by atoms with Crippen molar-refractivity contribution in [3.8, 4) is 0 Å². The van der Waals surface area contributed by atoms with E-state index in [1.54, 1.807) is 13.0 Å². The average molecular weight is 415 g/mol. The van der Waals surface area contributed by atoms with Gasteiger partial charge in [0.05, 0.1) is 0 Å². The summed E-state index contributed by atoms with van der Waals surface area (Å²) in [7, 11) is 0. The molecule has 1 aliphatic heterocycles. The fraction of sp³-hybridized carbons (Fsp3) is 0.708. The van der Waals surface area contributed by atoms with Crippen molar-refractivity contribution in [2.75, 3.05) is 0 Å². The molecule has 0 N–H and O–H groups in total. The lowest BCUT2D eigenvalue weighted by atomic mass is 9.47. The van der Waals surface area contributed by atoms with Gasteiger partial charge in [-0.2, -0.15) is 0 Å². The molecule has 0 amide bonds. The van der Waals surface area contributed by atoms with Crippen molar-refractivity contribution in [1.29, 1.82) is 0 Å². The third-order valence-electron chi connectivity index (χ3n) is 9.20. The van der Waals surface area contributed by atoms with Crippen LogP contribution in [0.3, 0.4) is 0 Å². The van der Waals surface area contributed by atoms with Crippen LogP contribution in [0, 0.1) is 28.6 Å². The molecule has 5 aliphatic rings. The van der Waals surface area contributed by atoms with Crippen molar-refractivity contribution in [2.45, 2.75) is 76.6 Å². The SMILES string of the molecule is CC(=O)S[C@@H]1CC2=CC(=O)C=CC2(C)C2CCC3(C)C(CCC34CCC(=O)O4)C21. The Bertz CT molecular complexity index is 859. The molecule has 1 spiro atoms. The summed E-state index contributed by atoms with van der Waals surface area (Å²) in [6, 6.07) is 0. The van der Waals surface area contributed by atoms with E-state index in [-0.39, 0.29) is 38.5 Å². The largest absolute Gasteiger partial charge is 0.458 e. The molecule has 0 bridgehead atoms. The zero-order valence-corrected chi connectivity index (χ0v) is 18.3. The number of ether oxygens (including phenoxy) is 1. The molecule has 5 heteroatoms. The number of carbonyl (C=O) groups excluding carboxylic acids is 3. The number of thioether (sulfide) groups is 1. The number of ketones is 1. The van der Waals surface area contributed by atoms with Crippen LogP contribution in [0.2, 0.25) is 0 Å². The number of carbonyl (C=O) groups is 3. The van der Waals surface area contributed by atoms with E-state index < -0.39 is 0 Å². The molecular weight excluding hydrogens is 384 g/mol. The number of hydrogen-bond donors (Lipinski definition) is 0. The minimum atomic E-state index is -0.305. The first-order valence-corrected chi connectivity index (χ1v) is 11.9. The van der Waals surface area contributed by atoms with E-state index >= 15 is 0 Å². The summed E-state index contributed by atoms with van der Waals surface area (Å²) in [6.07, 6.45) is 12.0. The Balaban J connectivity index is 1.57. The van der Waals surface area contributed by atoms with Crippen molar-refractivity contribution in [3.05, 3.63) is 23.8 Å². The second-order valence-corrected chi connectivity index (χ2v) is 11.7. The highest BCUT2D eigenvalue weighted by Gasteiger charge is 2.68. The highest BCUT2D eigenvalue weighted by molar-refractivity contribution is 8.14. The average Bonchev–Trinajstić information content (AvgIpc) is 3.17. The summed E-state index contributed by atoms with van der Waals surface area (Å²) in [4.78, 5) is 36.3. The number of allylic oxidation sites excluding steroid dienone is 4. The van der Waals surface area contributed by atoms with E-state index in [1.165, 1.54) is 17.3 Å². The van der Waals surface area contributed by atoms with E-state index in [1.807, 2.05) is 6.08 Å². The topological polar surface area (TPSA) is 60.4 Å². The second kappa shape index (κ2) is 6.32. The van der Waals surface area contributed by atoms with Crippen molar-refractivity contribution in [2.24, 2.45) is 28.6 Å². The van der Waals surface area contributed by atoms with E-state index in [2.05, 4.69) is 19.9 Å². The van der Waals surface area contributed by atoms with E-state index in [0.29, 0.717) is 24.2 Å². The fourth-order valence-electron chi connectivity index (χ4n) is 7.77. The van der Waals surface area contributed by atoms with Gasteiger partial charge in [0, 0.05) is 29.4 Å². The summed E-state index contributed by atoms with van der Waals surface area (Å²) < 4.78 is 6.04. The van der Waals surface area contributed by atoms with Crippen LogP contribution in [0.25, 0.3) is 0 Å². The van der Waals surface area contributed by atoms with Gasteiger partial charge in [0.2, 0.25) is 0 Å². The number of rotatable bonds is 1. The lowest BCUT2D eigenvalue weighted by Gasteiger charge is -2.60. The summed E-state index contributed by atoms with van der Waals surface area (Å²) in [6.45, 7) is 6.30. The molecule has 0 aromatic rings. The minimum Gasteiger partial charge on any atom is -0.458 e. The maximum Gasteiger partial charge on any atom is 0.306 e. The van der Waals surface area contributed by atoms with Gasteiger partial charge in [0.15, 0.2) is 10.9 Å². The highest BCUT2D eigenvalue weighted by Crippen LogP contribution is 2.70. The molecule has 5 rings (SSSR count). The molecule has 6 unspecified atom stereocenters. The van der Waals surface area contributed by atoms with Gasteiger partial charge in [0.1, 0.15) is 5.60 Å². The van der Waals surface area contributed by atoms with Crippen molar-refractivity contribution in [1.82, 2.24) is 0 Å². The standard InChI is InChI=1S/C24H30O4S/c1-14(25)29-19-13-15-12-16(26)4-8-22(15,2)17-5-9-23(3)18(21(17)19)6-10-24(23)11-7-20(27)28-24/h4,8,12,17-19,21H,5-7,9-11,13H2,1-3H3/t17?,18?,19-,21?,22?,23?,24?/m1/s1. The summed E-state index contributed by atoms with van der Waals surface area (Å²) in [5.74, 6) is 1.31. The molecule has 0 radical (unpaired) electrons. The van der Waals surface area contributed by atoms with Gasteiger partial charge in [-0.25, -0.2) is 0 Å². The Morgan fingerprint density at radius 3 is 2.59 bits per heavy atom. The Kier molecular flexibility index (Phi) is 4.27. The summed E-state index contributed by atoms with van der Waals surface area (Å²) in [5, 5.41) is 0.357. The Morgan fingerprint density at radius 1 is 1.14 bits per heavy atom. The number of hydrogen-bond acceptors (Lipinski definition) is 5. The molecule has 7 atom stereocenters. The monoisotopic (exact) mass is 414 g/mol. The molecule has 156 valence electrons. The number of esters is 1. The van der Waals surface area contributed by atoms with Gasteiger partial charge in [-0.1, -0.05) is 37.3 Å². The van der Waals surface area contributed by atoms with Gasteiger partial charge >= 0.3 is 5.97 Å². The van der Waals surface area contributed by atoms with Crippen LogP contribution in [-0.4, -0.2) is 27.7 Å². The van der Waals surface area contributed by atoms with Gasteiger partial charge in [-0.3, -0.25) is 14.4 Å². The first-order valence-electron chi connectivity index (χ1n) is 11.0. The Hall–Kier alpha value is -1.36. The second-order valence-electron chi connectivity index (χ2n) is 10.3. The van der Waals surface area contributed by atoms with E-state index in [4.69, 9.17) is 4.74 Å². The van der Waals surface area contributed by atoms with E-state index in [0.717, 1.165) is 38.5 Å². The van der Waals surface area contributed by atoms with Crippen LogP contribution >= 0.6 is 11.8 Å². The maximum atomic E-state index is 12.1. The van der Waals surface area contributed by atoms with Crippen molar-refractivity contribution < 1.29 is 19.1 Å². The molecular formula is C24H30O4S. The van der Waals surface area contributed by atoms with Crippen LogP contribution in [0.1, 0.15) is 65.7 Å². The molecule has 0 aromatic heterocycles. The fourth-order valence-corrected chi connectivity index (χ4v) is 9.00. The lowest BCUT2D eigenvalue weighted by molar-refractivity contribution is -0.166. The molecule has 29 heavy (non-hydrogen) atoms. The van der Waals surface area contributed by atoms with Crippen LogP contribution in [0.4, 0.5) is 0 Å². The Morgan fingerprint density at radius 2 is 1.90 bits per heavy atom. The predicted molar refractivity (Wildman–Crippen MR) is 112 cm³/mol. The highest BCUT2D eigenvalue weighted by atomic mass is 32.2. The Labute approximate surface area is 176 Å². The molecule has 3 saturated carbocycles. The van der Waals surface area contributed by atoms with Gasteiger partial charge in [-0.15, -0.1) is 0 Å². The predicted octanol–water partition coefficient (Wildman–Crippen LogP) is 4.63. The smallest absolute Gasteiger partial charge is 0.306 e. The molecule has 4 nitrogen and oxygen atoms in total. The minimum absolute atomic E-state index is 0.0122. The van der Waals surface area contributed by atoms with E-state index in [9.17, 15) is 14.4 Å². The third kappa shape index (κ3) is 2.62. The van der Waals surface area contributed by atoms with Gasteiger partial charge in [-0.05, 0) is 68.4 Å². The quantitative estimate of drug-likeness (QED) is 0.586. The normalized spacial score (nSPS) is 48.0. The molecule has 1 saturated heterocycles. The number of fused-ring (bicyclic) bond motifs is 6. The molecule has 1 heterocycles. The zero-order valence-electron chi connectivity index (χ0n) is 17.5. The van der Waals surface area contributed by atoms with Crippen LogP contribution in [-0.2, 0) is 19.1 Å². The summed E-state index contributed by atoms with van der Waals surface area (Å²) in [5.41, 5.74) is 0.784. The van der Waals surface area contributed by atoms with Crippen molar-refractivity contribution in [3.63, 3.8) is 0 Å². The van der Waals surface area contributed by atoms with Gasteiger partial charge < -0.3 is 4.74 Å². The van der Waals surface area contributed by atoms with Crippen LogP contribution < -0.4 is 0 Å². The van der Waals surface area contributed by atoms with Gasteiger partial charge in [0.25, 0.3) is 0 Å². The summed E-state index contributed by atoms with van der Waals surface area (Å²) >= 11 is 1.47. The van der Waals surface area contributed by atoms with Crippen molar-refractivity contribution >= 4 is 28.6 Å². The van der Waals surface area contributed by atoms with Crippen LogP contribution in [0.5, 0.6) is 0 Å². The maximum absolute atomic E-state index is 12.1. The lowest BCUT2D eigenvalue weighted by Crippen LogP contribution is -2.57. The third-order valence-corrected chi connectivity index (χ3v) is 10.3. The van der Waals surface area contributed by atoms with Crippen LogP contribution in [0.15, 0.2) is 23.8 Å².